The van der Waals surface area contributed by atoms with Gasteiger partial charge in [0.05, 0.1) is 25.4 Å². The van der Waals surface area contributed by atoms with Gasteiger partial charge in [0, 0.05) is 18.1 Å². The number of rotatable bonds is 3. The summed E-state index contributed by atoms with van der Waals surface area (Å²) in [5.41, 5.74) is -0.501. The van der Waals surface area contributed by atoms with E-state index in [1.165, 1.54) is 7.11 Å². The van der Waals surface area contributed by atoms with Gasteiger partial charge in [-0.05, 0) is 13.3 Å². The number of carbonyl (C=O) groups is 1. The monoisotopic (exact) mass is 256 g/mol. The minimum atomic E-state index is -0.892. The Morgan fingerprint density at radius 2 is 2.00 bits per heavy atom. The smallest absolute Gasteiger partial charge is 0.174 e. The van der Waals surface area contributed by atoms with Crippen LogP contribution in [0.25, 0.3) is 0 Å². The van der Waals surface area contributed by atoms with Crippen molar-refractivity contribution in [2.75, 3.05) is 13.7 Å². The van der Waals surface area contributed by atoms with Gasteiger partial charge in [-0.3, -0.25) is 4.79 Å². The number of Topliss-reactive ketones (excluding diaryl/α,β-unsaturated/α-hetero) is 1. The van der Waals surface area contributed by atoms with E-state index in [1.807, 2.05) is 6.92 Å². The molecule has 0 spiro atoms. The molecule has 1 saturated heterocycles. The molecule has 3 nitrogen and oxygen atoms in total. The van der Waals surface area contributed by atoms with Gasteiger partial charge in [-0.2, -0.15) is 0 Å². The van der Waals surface area contributed by atoms with E-state index in [2.05, 4.69) is 0 Å². The zero-order chi connectivity index (χ0) is 13.3. The Morgan fingerprint density at radius 1 is 1.39 bits per heavy atom. The lowest BCUT2D eigenvalue weighted by Gasteiger charge is -2.10. The SMILES string of the molecule is COc1cc(F)c(C(=O)C2COC(C)C2)c(F)c1. The number of hydrogen-bond acceptors (Lipinski definition) is 3. The van der Waals surface area contributed by atoms with E-state index in [-0.39, 0.29) is 18.5 Å². The maximum Gasteiger partial charge on any atom is 0.174 e. The second-order valence-electron chi connectivity index (χ2n) is 4.41. The van der Waals surface area contributed by atoms with E-state index in [9.17, 15) is 13.6 Å². The number of ketones is 1. The lowest BCUT2D eigenvalue weighted by molar-refractivity contribution is 0.0869. The minimum absolute atomic E-state index is 0.0525. The molecule has 1 aromatic carbocycles. The van der Waals surface area contributed by atoms with Crippen LogP contribution >= 0.6 is 0 Å². The van der Waals surface area contributed by atoms with E-state index in [0.29, 0.717) is 6.42 Å². The van der Waals surface area contributed by atoms with Crippen LogP contribution < -0.4 is 4.74 Å². The van der Waals surface area contributed by atoms with Crippen molar-refractivity contribution in [3.63, 3.8) is 0 Å². The predicted molar refractivity (Wildman–Crippen MR) is 60.8 cm³/mol. The van der Waals surface area contributed by atoms with Gasteiger partial charge in [-0.1, -0.05) is 0 Å². The Labute approximate surface area is 104 Å². The van der Waals surface area contributed by atoms with Crippen LogP contribution in [0.1, 0.15) is 23.7 Å². The highest BCUT2D eigenvalue weighted by Gasteiger charge is 2.32. The van der Waals surface area contributed by atoms with E-state index >= 15 is 0 Å². The molecule has 0 radical (unpaired) electrons. The van der Waals surface area contributed by atoms with Crippen LogP contribution in [0.15, 0.2) is 12.1 Å². The third-order valence-electron chi connectivity index (χ3n) is 3.07. The largest absolute Gasteiger partial charge is 0.497 e. The molecular formula is C13H14F2O3. The molecule has 1 aliphatic rings. The summed E-state index contributed by atoms with van der Waals surface area (Å²) < 4.78 is 37.4. The van der Waals surface area contributed by atoms with Gasteiger partial charge in [-0.25, -0.2) is 8.78 Å². The van der Waals surface area contributed by atoms with Crippen molar-refractivity contribution in [1.29, 1.82) is 0 Å². The number of methoxy groups -OCH3 is 1. The molecule has 1 aliphatic heterocycles. The Hall–Kier alpha value is -1.49. The van der Waals surface area contributed by atoms with Crippen molar-refractivity contribution in [3.8, 4) is 5.75 Å². The van der Waals surface area contributed by atoms with E-state index in [4.69, 9.17) is 9.47 Å². The highest BCUT2D eigenvalue weighted by molar-refractivity contribution is 5.98. The standard InChI is InChI=1S/C13H14F2O3/c1-7-3-8(6-18-7)13(16)12-10(14)4-9(17-2)5-11(12)15/h4-5,7-8H,3,6H2,1-2H3. The lowest BCUT2D eigenvalue weighted by Crippen LogP contribution is -2.18. The zero-order valence-corrected chi connectivity index (χ0v) is 10.2. The summed E-state index contributed by atoms with van der Waals surface area (Å²) in [5, 5.41) is 0. The van der Waals surface area contributed by atoms with Crippen LogP contribution in [0.5, 0.6) is 5.75 Å². The van der Waals surface area contributed by atoms with Gasteiger partial charge in [0.1, 0.15) is 17.4 Å². The molecule has 18 heavy (non-hydrogen) atoms. The zero-order valence-electron chi connectivity index (χ0n) is 10.2. The fraction of sp³-hybridized carbons (Fsp3) is 0.462. The fourth-order valence-corrected chi connectivity index (χ4v) is 2.11. The third kappa shape index (κ3) is 2.36. The number of carbonyl (C=O) groups excluding carboxylic acids is 1. The topological polar surface area (TPSA) is 35.5 Å². The van der Waals surface area contributed by atoms with Gasteiger partial charge in [0.15, 0.2) is 5.78 Å². The average molecular weight is 256 g/mol. The van der Waals surface area contributed by atoms with Crippen molar-refractivity contribution < 1.29 is 23.0 Å². The average Bonchev–Trinajstić information content (AvgIpc) is 2.74. The predicted octanol–water partition coefficient (Wildman–Crippen LogP) is 2.58. The molecule has 2 unspecified atom stereocenters. The summed E-state index contributed by atoms with van der Waals surface area (Å²) in [6, 6.07) is 2.02. The molecule has 1 aromatic rings. The molecule has 1 fully saturated rings. The number of benzene rings is 1. The lowest BCUT2D eigenvalue weighted by atomic mass is 9.94. The second kappa shape index (κ2) is 5.02. The molecule has 5 heteroatoms. The minimum Gasteiger partial charge on any atom is -0.497 e. The molecule has 0 bridgehead atoms. The number of hydrogen-bond donors (Lipinski definition) is 0. The number of halogens is 2. The highest BCUT2D eigenvalue weighted by atomic mass is 19.1. The summed E-state index contributed by atoms with van der Waals surface area (Å²) in [6.07, 6.45) is 0.437. The van der Waals surface area contributed by atoms with Crippen LogP contribution in [-0.4, -0.2) is 25.6 Å². The molecule has 0 saturated carbocycles. The maximum atomic E-state index is 13.7. The molecule has 2 rings (SSSR count). The van der Waals surface area contributed by atoms with E-state index < -0.39 is 28.9 Å². The normalized spacial score (nSPS) is 23.1. The summed E-state index contributed by atoms with van der Waals surface area (Å²) in [7, 11) is 1.31. The van der Waals surface area contributed by atoms with Crippen LogP contribution in [0.4, 0.5) is 8.78 Å². The molecule has 0 aliphatic carbocycles. The van der Waals surface area contributed by atoms with Crippen molar-refractivity contribution >= 4 is 5.78 Å². The molecule has 0 N–H and O–H groups in total. The van der Waals surface area contributed by atoms with Gasteiger partial charge in [0.25, 0.3) is 0 Å². The van der Waals surface area contributed by atoms with Crippen molar-refractivity contribution in [3.05, 3.63) is 29.3 Å². The van der Waals surface area contributed by atoms with Crippen LogP contribution in [0.3, 0.4) is 0 Å². The summed E-state index contributed by atoms with van der Waals surface area (Å²) in [4.78, 5) is 12.0. The Morgan fingerprint density at radius 3 is 2.44 bits per heavy atom. The third-order valence-corrected chi connectivity index (χ3v) is 3.07. The summed E-state index contributed by atoms with van der Waals surface area (Å²) in [5.74, 6) is -2.75. The van der Waals surface area contributed by atoms with Gasteiger partial charge >= 0.3 is 0 Å². The van der Waals surface area contributed by atoms with Crippen molar-refractivity contribution in [2.45, 2.75) is 19.4 Å². The second-order valence-corrected chi connectivity index (χ2v) is 4.41. The van der Waals surface area contributed by atoms with E-state index in [1.54, 1.807) is 0 Å². The molecule has 0 amide bonds. The van der Waals surface area contributed by atoms with Gasteiger partial charge in [-0.15, -0.1) is 0 Å². The first-order valence-corrected chi connectivity index (χ1v) is 5.71. The quantitative estimate of drug-likeness (QED) is 0.780. The number of ether oxygens (including phenoxy) is 2. The Balaban J connectivity index is 2.30. The van der Waals surface area contributed by atoms with Gasteiger partial charge in [0.2, 0.25) is 0 Å². The first-order valence-electron chi connectivity index (χ1n) is 5.71. The molecule has 2 atom stereocenters. The molecule has 1 heterocycles. The Kier molecular flexibility index (Phi) is 3.61. The highest BCUT2D eigenvalue weighted by Crippen LogP contribution is 2.27. The van der Waals surface area contributed by atoms with Crippen LogP contribution in [0, 0.1) is 17.6 Å². The molecule has 98 valence electrons. The summed E-state index contributed by atoms with van der Waals surface area (Å²) >= 11 is 0. The first kappa shape index (κ1) is 13.0. The van der Waals surface area contributed by atoms with Crippen molar-refractivity contribution in [2.24, 2.45) is 5.92 Å². The van der Waals surface area contributed by atoms with Gasteiger partial charge < -0.3 is 9.47 Å². The first-order chi connectivity index (χ1) is 8.52. The molecule has 0 aromatic heterocycles. The maximum absolute atomic E-state index is 13.7. The van der Waals surface area contributed by atoms with Crippen LogP contribution in [-0.2, 0) is 4.74 Å². The van der Waals surface area contributed by atoms with E-state index in [0.717, 1.165) is 12.1 Å². The summed E-state index contributed by atoms with van der Waals surface area (Å²) in [6.45, 7) is 2.04. The Bertz CT molecular complexity index is 450. The van der Waals surface area contributed by atoms with Crippen molar-refractivity contribution in [1.82, 2.24) is 0 Å². The van der Waals surface area contributed by atoms with Crippen LogP contribution in [0.2, 0.25) is 0 Å². The fourth-order valence-electron chi connectivity index (χ4n) is 2.11. The molecular weight excluding hydrogens is 242 g/mol.